The van der Waals surface area contributed by atoms with Gasteiger partial charge in [-0.3, -0.25) is 0 Å². The van der Waals surface area contributed by atoms with E-state index in [-0.39, 0.29) is 0 Å². The minimum Gasteiger partial charge on any atom is -0.485 e. The van der Waals surface area contributed by atoms with Crippen LogP contribution in [0.25, 0.3) is 0 Å². The van der Waals surface area contributed by atoms with Crippen LogP contribution in [0.1, 0.15) is 44.6 Å². The average Bonchev–Trinajstić information content (AvgIpc) is 2.61. The minimum atomic E-state index is 0.559. The second-order valence-electron chi connectivity index (χ2n) is 5.27. The van der Waals surface area contributed by atoms with E-state index in [0.717, 1.165) is 23.5 Å². The van der Waals surface area contributed by atoms with Gasteiger partial charge >= 0.3 is 0 Å². The Morgan fingerprint density at radius 2 is 1.74 bits per heavy atom. The van der Waals surface area contributed by atoms with Crippen LogP contribution >= 0.6 is 0 Å². The molecular weight excluding hydrogens is 236 g/mol. The molecule has 0 amide bonds. The van der Waals surface area contributed by atoms with Gasteiger partial charge in [-0.25, -0.2) is 0 Å². The zero-order chi connectivity index (χ0) is 13.5. The van der Waals surface area contributed by atoms with E-state index in [1.807, 2.05) is 6.07 Å². The van der Waals surface area contributed by atoms with Gasteiger partial charge in [-0.1, -0.05) is 45.3 Å². The standard InChI is InChI=1S/C17H24O2/c1-3-4-5-6-7-8-15-9-10-16-17(11-15)19-13-14(2)12-18-16/h9-11H,2-8,12-13H2,1H3. The first-order valence-corrected chi connectivity index (χ1v) is 7.34. The molecule has 2 heteroatoms. The van der Waals surface area contributed by atoms with E-state index < -0.39 is 0 Å². The summed E-state index contributed by atoms with van der Waals surface area (Å²) in [5.41, 5.74) is 2.32. The van der Waals surface area contributed by atoms with E-state index in [0.29, 0.717) is 13.2 Å². The fourth-order valence-electron chi connectivity index (χ4n) is 2.27. The molecule has 1 aromatic carbocycles. The van der Waals surface area contributed by atoms with Gasteiger partial charge in [-0.05, 0) is 36.1 Å². The van der Waals surface area contributed by atoms with Gasteiger partial charge in [0.15, 0.2) is 11.5 Å². The number of aryl methyl sites for hydroxylation is 1. The summed E-state index contributed by atoms with van der Waals surface area (Å²) in [6.07, 6.45) is 7.70. The molecule has 104 valence electrons. The predicted molar refractivity (Wildman–Crippen MR) is 79.0 cm³/mol. The van der Waals surface area contributed by atoms with E-state index in [9.17, 15) is 0 Å². The van der Waals surface area contributed by atoms with E-state index in [4.69, 9.17) is 9.47 Å². The average molecular weight is 260 g/mol. The van der Waals surface area contributed by atoms with Crippen molar-refractivity contribution in [2.45, 2.75) is 45.4 Å². The maximum absolute atomic E-state index is 5.72. The minimum absolute atomic E-state index is 0.559. The van der Waals surface area contributed by atoms with Crippen molar-refractivity contribution in [2.75, 3.05) is 13.2 Å². The smallest absolute Gasteiger partial charge is 0.161 e. The van der Waals surface area contributed by atoms with Gasteiger partial charge in [-0.2, -0.15) is 0 Å². The Morgan fingerprint density at radius 3 is 2.53 bits per heavy atom. The maximum Gasteiger partial charge on any atom is 0.161 e. The van der Waals surface area contributed by atoms with Crippen LogP contribution in [0.15, 0.2) is 30.4 Å². The number of rotatable bonds is 6. The number of benzene rings is 1. The van der Waals surface area contributed by atoms with Crippen molar-refractivity contribution in [3.05, 3.63) is 35.9 Å². The fourth-order valence-corrected chi connectivity index (χ4v) is 2.27. The molecule has 0 fully saturated rings. The molecule has 2 nitrogen and oxygen atoms in total. The molecule has 1 heterocycles. The molecule has 0 spiro atoms. The molecule has 1 aliphatic rings. The van der Waals surface area contributed by atoms with Crippen LogP contribution in [-0.2, 0) is 6.42 Å². The lowest BCUT2D eigenvalue weighted by Crippen LogP contribution is -2.02. The van der Waals surface area contributed by atoms with E-state index >= 15 is 0 Å². The van der Waals surface area contributed by atoms with E-state index in [1.165, 1.54) is 37.7 Å². The first kappa shape index (κ1) is 14.0. The molecule has 0 saturated heterocycles. The van der Waals surface area contributed by atoms with Gasteiger partial charge < -0.3 is 9.47 Å². The van der Waals surface area contributed by atoms with E-state index in [1.54, 1.807) is 0 Å². The third kappa shape index (κ3) is 4.30. The first-order valence-electron chi connectivity index (χ1n) is 7.34. The van der Waals surface area contributed by atoms with Crippen LogP contribution in [0.5, 0.6) is 11.5 Å². The largest absolute Gasteiger partial charge is 0.485 e. The predicted octanol–water partition coefficient (Wildman–Crippen LogP) is 4.53. The molecule has 0 unspecified atom stereocenters. The third-order valence-electron chi connectivity index (χ3n) is 3.44. The molecule has 0 radical (unpaired) electrons. The second-order valence-corrected chi connectivity index (χ2v) is 5.27. The summed E-state index contributed by atoms with van der Waals surface area (Å²) in [4.78, 5) is 0. The summed E-state index contributed by atoms with van der Waals surface area (Å²) < 4.78 is 11.4. The van der Waals surface area contributed by atoms with Gasteiger partial charge in [-0.15, -0.1) is 0 Å². The summed E-state index contributed by atoms with van der Waals surface area (Å²) in [5, 5.41) is 0. The number of ether oxygens (including phenoxy) is 2. The van der Waals surface area contributed by atoms with Gasteiger partial charge in [0, 0.05) is 0 Å². The fraction of sp³-hybridized carbons (Fsp3) is 0.529. The maximum atomic E-state index is 5.72. The zero-order valence-electron chi connectivity index (χ0n) is 11.9. The molecule has 0 N–H and O–H groups in total. The van der Waals surface area contributed by atoms with Crippen molar-refractivity contribution in [2.24, 2.45) is 0 Å². The van der Waals surface area contributed by atoms with Crippen molar-refractivity contribution < 1.29 is 9.47 Å². The van der Waals surface area contributed by atoms with Gasteiger partial charge in [0.1, 0.15) is 13.2 Å². The Hall–Kier alpha value is -1.44. The van der Waals surface area contributed by atoms with E-state index in [2.05, 4.69) is 25.6 Å². The number of hydrogen-bond donors (Lipinski definition) is 0. The van der Waals surface area contributed by atoms with Gasteiger partial charge in [0.05, 0.1) is 0 Å². The summed E-state index contributed by atoms with van der Waals surface area (Å²) in [7, 11) is 0. The molecule has 0 saturated carbocycles. The topological polar surface area (TPSA) is 18.5 Å². The van der Waals surface area contributed by atoms with Crippen molar-refractivity contribution >= 4 is 0 Å². The molecule has 0 atom stereocenters. The highest BCUT2D eigenvalue weighted by Gasteiger charge is 2.12. The van der Waals surface area contributed by atoms with Crippen molar-refractivity contribution in [3.63, 3.8) is 0 Å². The highest BCUT2D eigenvalue weighted by atomic mass is 16.5. The summed E-state index contributed by atoms with van der Waals surface area (Å²) in [6.45, 7) is 7.28. The highest BCUT2D eigenvalue weighted by molar-refractivity contribution is 5.44. The normalized spacial score (nSPS) is 14.3. The second kappa shape index (κ2) is 7.22. The summed E-state index contributed by atoms with van der Waals surface area (Å²) in [6, 6.07) is 6.29. The highest BCUT2D eigenvalue weighted by Crippen LogP contribution is 2.31. The first-order chi connectivity index (χ1) is 9.29. The molecule has 0 aliphatic carbocycles. The van der Waals surface area contributed by atoms with Crippen LogP contribution in [-0.4, -0.2) is 13.2 Å². The molecule has 0 bridgehead atoms. The Morgan fingerprint density at radius 1 is 1.00 bits per heavy atom. The van der Waals surface area contributed by atoms with Crippen molar-refractivity contribution in [1.29, 1.82) is 0 Å². The quantitative estimate of drug-likeness (QED) is 0.553. The van der Waals surface area contributed by atoms with Crippen LogP contribution in [0.4, 0.5) is 0 Å². The summed E-state index contributed by atoms with van der Waals surface area (Å²) in [5.74, 6) is 1.71. The van der Waals surface area contributed by atoms with Crippen LogP contribution in [0.3, 0.4) is 0 Å². The zero-order valence-corrected chi connectivity index (χ0v) is 11.9. The Balaban J connectivity index is 1.88. The Kier molecular flexibility index (Phi) is 5.31. The Bertz CT molecular complexity index is 423. The summed E-state index contributed by atoms with van der Waals surface area (Å²) >= 11 is 0. The van der Waals surface area contributed by atoms with Gasteiger partial charge in [0.25, 0.3) is 0 Å². The molecule has 1 aliphatic heterocycles. The van der Waals surface area contributed by atoms with Crippen molar-refractivity contribution in [1.82, 2.24) is 0 Å². The van der Waals surface area contributed by atoms with Crippen LogP contribution < -0.4 is 9.47 Å². The number of unbranched alkanes of at least 4 members (excludes halogenated alkanes) is 4. The van der Waals surface area contributed by atoms with Crippen LogP contribution in [0.2, 0.25) is 0 Å². The number of fused-ring (bicyclic) bond motifs is 1. The Labute approximate surface area is 116 Å². The third-order valence-corrected chi connectivity index (χ3v) is 3.44. The van der Waals surface area contributed by atoms with Crippen LogP contribution in [0, 0.1) is 0 Å². The lowest BCUT2D eigenvalue weighted by molar-refractivity contribution is 0.354. The molecule has 0 aromatic heterocycles. The lowest BCUT2D eigenvalue weighted by atomic mass is 10.1. The number of hydrogen-bond acceptors (Lipinski definition) is 2. The van der Waals surface area contributed by atoms with Gasteiger partial charge in [0.2, 0.25) is 0 Å². The molecule has 19 heavy (non-hydrogen) atoms. The SMILES string of the molecule is C=C1COc2ccc(CCCCCCC)cc2OC1. The van der Waals surface area contributed by atoms with Crippen molar-refractivity contribution in [3.8, 4) is 11.5 Å². The molecule has 1 aromatic rings. The molecular formula is C17H24O2. The monoisotopic (exact) mass is 260 g/mol. The molecule has 2 rings (SSSR count). The lowest BCUT2D eigenvalue weighted by Gasteiger charge is -2.09.